The molecule has 2 unspecified atom stereocenters. The number of amides is 1. The van der Waals surface area contributed by atoms with E-state index in [9.17, 15) is 4.79 Å². The minimum Gasteiger partial charge on any atom is -0.406 e. The molecule has 1 amide bonds. The van der Waals surface area contributed by atoms with Gasteiger partial charge in [0.05, 0.1) is 0 Å². The molecular weight excluding hydrogens is 378 g/mol. The molecule has 2 atom stereocenters. The fourth-order valence-corrected chi connectivity index (χ4v) is 4.51. The van der Waals surface area contributed by atoms with Crippen molar-refractivity contribution in [3.8, 4) is 0 Å². The predicted octanol–water partition coefficient (Wildman–Crippen LogP) is 3.64. The SMILES string of the molecule is CC(Nc1nnc(C2Cc3cc(Cl)ccc3N2)o1)C(=O)N1CCC2(CC1)CC2. The summed E-state index contributed by atoms with van der Waals surface area (Å²) >= 11 is 6.07. The number of hydrogen-bond acceptors (Lipinski definition) is 6. The lowest BCUT2D eigenvalue weighted by Gasteiger charge is -2.33. The monoisotopic (exact) mass is 401 g/mol. The molecule has 148 valence electrons. The van der Waals surface area contributed by atoms with E-state index in [2.05, 4.69) is 20.8 Å². The Morgan fingerprint density at radius 3 is 2.86 bits per heavy atom. The van der Waals surface area contributed by atoms with Crippen LogP contribution in [0.15, 0.2) is 22.6 Å². The van der Waals surface area contributed by atoms with Gasteiger partial charge in [0, 0.05) is 30.2 Å². The molecule has 1 aliphatic carbocycles. The minimum atomic E-state index is -0.394. The van der Waals surface area contributed by atoms with Gasteiger partial charge in [0.2, 0.25) is 11.8 Å². The van der Waals surface area contributed by atoms with E-state index in [1.54, 1.807) is 0 Å². The van der Waals surface area contributed by atoms with Crippen LogP contribution in [0.2, 0.25) is 5.02 Å². The van der Waals surface area contributed by atoms with Gasteiger partial charge in [-0.05, 0) is 61.8 Å². The Morgan fingerprint density at radius 1 is 1.32 bits per heavy atom. The van der Waals surface area contributed by atoms with Gasteiger partial charge in [0.25, 0.3) is 0 Å². The number of fused-ring (bicyclic) bond motifs is 1. The third kappa shape index (κ3) is 3.32. The van der Waals surface area contributed by atoms with E-state index in [1.807, 2.05) is 30.0 Å². The molecule has 0 radical (unpaired) electrons. The van der Waals surface area contributed by atoms with Crippen LogP contribution in [0.5, 0.6) is 0 Å². The van der Waals surface area contributed by atoms with E-state index in [0.29, 0.717) is 16.3 Å². The first-order valence-electron chi connectivity index (χ1n) is 9.95. The number of benzene rings is 1. The van der Waals surface area contributed by atoms with Gasteiger partial charge < -0.3 is 20.0 Å². The van der Waals surface area contributed by atoms with Crippen LogP contribution in [0.4, 0.5) is 11.7 Å². The quantitative estimate of drug-likeness (QED) is 0.813. The summed E-state index contributed by atoms with van der Waals surface area (Å²) in [5.74, 6) is 0.597. The Bertz CT molecular complexity index is 900. The fourth-order valence-electron chi connectivity index (χ4n) is 4.31. The van der Waals surface area contributed by atoms with Crippen molar-refractivity contribution in [2.45, 2.75) is 51.1 Å². The largest absolute Gasteiger partial charge is 0.406 e. The van der Waals surface area contributed by atoms with E-state index >= 15 is 0 Å². The van der Waals surface area contributed by atoms with Crippen LogP contribution in [0.25, 0.3) is 0 Å². The van der Waals surface area contributed by atoms with E-state index in [-0.39, 0.29) is 18.0 Å². The van der Waals surface area contributed by atoms with Gasteiger partial charge in [-0.2, -0.15) is 0 Å². The van der Waals surface area contributed by atoms with Crippen LogP contribution in [-0.2, 0) is 11.2 Å². The van der Waals surface area contributed by atoms with Crippen molar-refractivity contribution in [3.05, 3.63) is 34.7 Å². The zero-order valence-corrected chi connectivity index (χ0v) is 16.6. The number of anilines is 2. The number of rotatable bonds is 4. The van der Waals surface area contributed by atoms with E-state index in [4.69, 9.17) is 16.0 Å². The number of halogens is 1. The van der Waals surface area contributed by atoms with Gasteiger partial charge in [-0.1, -0.05) is 16.7 Å². The van der Waals surface area contributed by atoms with Crippen molar-refractivity contribution in [1.29, 1.82) is 0 Å². The minimum absolute atomic E-state index is 0.0839. The number of piperidine rings is 1. The van der Waals surface area contributed by atoms with Gasteiger partial charge in [0.15, 0.2) is 0 Å². The van der Waals surface area contributed by atoms with Gasteiger partial charge in [-0.25, -0.2) is 0 Å². The molecule has 0 bridgehead atoms. The Hall–Kier alpha value is -2.28. The lowest BCUT2D eigenvalue weighted by molar-refractivity contribution is -0.133. The van der Waals surface area contributed by atoms with Crippen LogP contribution in [-0.4, -0.2) is 40.1 Å². The number of carbonyl (C=O) groups is 1. The molecule has 1 saturated heterocycles. The standard InChI is InChI=1S/C20H24ClN5O2/c1-12(18(27)26-8-6-20(4-5-20)7-9-26)22-19-25-24-17(28-19)16-11-13-10-14(21)2-3-15(13)23-16/h2-3,10,12,16,23H,4-9,11H2,1H3,(H,22,25). The van der Waals surface area contributed by atoms with Gasteiger partial charge >= 0.3 is 6.01 Å². The van der Waals surface area contributed by atoms with Crippen molar-refractivity contribution in [1.82, 2.24) is 15.1 Å². The average Bonchev–Trinajstić information content (AvgIpc) is 3.10. The maximum atomic E-state index is 12.7. The Labute approximate surface area is 168 Å². The zero-order valence-electron chi connectivity index (χ0n) is 15.9. The van der Waals surface area contributed by atoms with E-state index in [0.717, 1.165) is 43.6 Å². The second kappa shape index (κ2) is 6.65. The molecule has 2 fully saturated rings. The Balaban J connectivity index is 1.19. The lowest BCUT2D eigenvalue weighted by atomic mass is 9.93. The average molecular weight is 402 g/mol. The van der Waals surface area contributed by atoms with Gasteiger partial charge in [-0.15, -0.1) is 5.10 Å². The summed E-state index contributed by atoms with van der Waals surface area (Å²) in [4.78, 5) is 14.7. The second-order valence-corrected chi connectivity index (χ2v) is 8.78. The molecule has 2 aromatic rings. The summed E-state index contributed by atoms with van der Waals surface area (Å²) < 4.78 is 5.78. The molecule has 1 saturated carbocycles. The predicted molar refractivity (Wildman–Crippen MR) is 106 cm³/mol. The van der Waals surface area contributed by atoms with Crippen molar-refractivity contribution < 1.29 is 9.21 Å². The zero-order chi connectivity index (χ0) is 19.3. The maximum Gasteiger partial charge on any atom is 0.316 e. The molecule has 8 heteroatoms. The third-order valence-corrected chi connectivity index (χ3v) is 6.60. The maximum absolute atomic E-state index is 12.7. The van der Waals surface area contributed by atoms with Crippen LogP contribution in [0, 0.1) is 5.41 Å². The Morgan fingerprint density at radius 2 is 2.11 bits per heavy atom. The Kier molecular flexibility index (Phi) is 4.23. The molecule has 5 rings (SSSR count). The summed E-state index contributed by atoms with van der Waals surface area (Å²) in [6.45, 7) is 3.55. The van der Waals surface area contributed by atoms with Crippen molar-refractivity contribution >= 4 is 29.2 Å². The molecule has 2 N–H and O–H groups in total. The molecule has 2 aliphatic heterocycles. The molecule has 1 aromatic carbocycles. The summed E-state index contributed by atoms with van der Waals surface area (Å²) in [7, 11) is 0. The molecule has 3 heterocycles. The molecule has 1 aromatic heterocycles. The third-order valence-electron chi connectivity index (χ3n) is 6.36. The second-order valence-electron chi connectivity index (χ2n) is 8.34. The van der Waals surface area contributed by atoms with Crippen molar-refractivity contribution in [2.75, 3.05) is 23.7 Å². The highest BCUT2D eigenvalue weighted by Gasteiger charge is 2.45. The molecular formula is C20H24ClN5O2. The molecule has 3 aliphatic rings. The number of aromatic nitrogens is 2. The summed E-state index contributed by atoms with van der Waals surface area (Å²) in [5.41, 5.74) is 2.72. The fraction of sp³-hybridized carbons (Fsp3) is 0.550. The smallest absolute Gasteiger partial charge is 0.316 e. The first kappa shape index (κ1) is 17.8. The van der Waals surface area contributed by atoms with Crippen LogP contribution in [0.1, 0.15) is 50.1 Å². The van der Waals surface area contributed by atoms with E-state index in [1.165, 1.54) is 12.8 Å². The summed E-state index contributed by atoms with van der Waals surface area (Å²) in [5, 5.41) is 15.4. The highest BCUT2D eigenvalue weighted by Crippen LogP contribution is 2.53. The number of carbonyl (C=O) groups excluding carboxylic acids is 1. The van der Waals surface area contributed by atoms with Gasteiger partial charge in [-0.3, -0.25) is 4.79 Å². The first-order chi connectivity index (χ1) is 13.5. The topological polar surface area (TPSA) is 83.3 Å². The van der Waals surface area contributed by atoms with Crippen LogP contribution < -0.4 is 10.6 Å². The number of hydrogen-bond donors (Lipinski definition) is 2. The molecule has 7 nitrogen and oxygen atoms in total. The lowest BCUT2D eigenvalue weighted by Crippen LogP contribution is -2.45. The van der Waals surface area contributed by atoms with Crippen LogP contribution in [0.3, 0.4) is 0 Å². The number of nitrogens with zero attached hydrogens (tertiary/aromatic N) is 3. The first-order valence-corrected chi connectivity index (χ1v) is 10.3. The summed E-state index contributed by atoms with van der Waals surface area (Å²) in [6.07, 6.45) is 5.67. The highest BCUT2D eigenvalue weighted by atomic mass is 35.5. The van der Waals surface area contributed by atoms with E-state index < -0.39 is 6.04 Å². The summed E-state index contributed by atoms with van der Waals surface area (Å²) in [6, 6.07) is 5.56. The van der Waals surface area contributed by atoms with Gasteiger partial charge in [0.1, 0.15) is 12.1 Å². The van der Waals surface area contributed by atoms with Crippen molar-refractivity contribution in [2.24, 2.45) is 5.41 Å². The number of nitrogens with one attached hydrogen (secondary N) is 2. The number of likely N-dealkylation sites (tertiary alicyclic amines) is 1. The normalized spacial score (nSPS) is 23.2. The molecule has 1 spiro atoms. The van der Waals surface area contributed by atoms with Crippen molar-refractivity contribution in [3.63, 3.8) is 0 Å². The highest BCUT2D eigenvalue weighted by molar-refractivity contribution is 6.30. The molecule has 28 heavy (non-hydrogen) atoms. The van der Waals surface area contributed by atoms with Crippen LogP contribution >= 0.6 is 11.6 Å².